The molecular formula is C24H24N2O5S. The van der Waals surface area contributed by atoms with Crippen LogP contribution in [0.15, 0.2) is 77.7 Å². The van der Waals surface area contributed by atoms with E-state index in [0.717, 1.165) is 12.8 Å². The summed E-state index contributed by atoms with van der Waals surface area (Å²) in [6.45, 7) is 1.09. The van der Waals surface area contributed by atoms with Gasteiger partial charge in [-0.05, 0) is 73.5 Å². The molecule has 1 heterocycles. The van der Waals surface area contributed by atoms with Gasteiger partial charge in [0.05, 0.1) is 12.0 Å². The molecule has 1 aliphatic heterocycles. The number of methoxy groups -OCH3 is 1. The van der Waals surface area contributed by atoms with Gasteiger partial charge in [0.1, 0.15) is 5.75 Å². The number of carbonyl (C=O) groups is 1. The summed E-state index contributed by atoms with van der Waals surface area (Å²) >= 11 is 0. The lowest BCUT2D eigenvalue weighted by Gasteiger charge is -2.15. The van der Waals surface area contributed by atoms with Crippen LogP contribution in [0.1, 0.15) is 23.2 Å². The molecule has 3 aromatic carbocycles. The predicted molar refractivity (Wildman–Crippen MR) is 122 cm³/mol. The van der Waals surface area contributed by atoms with Crippen molar-refractivity contribution in [3.05, 3.63) is 78.4 Å². The molecule has 7 nitrogen and oxygen atoms in total. The molecule has 0 aliphatic carbocycles. The summed E-state index contributed by atoms with van der Waals surface area (Å²) in [6.07, 6.45) is 1.75. The summed E-state index contributed by atoms with van der Waals surface area (Å²) in [5, 5.41) is 2.81. The summed E-state index contributed by atoms with van der Waals surface area (Å²) < 4.78 is 37.8. The Morgan fingerprint density at radius 3 is 2.12 bits per heavy atom. The molecular weight excluding hydrogens is 428 g/mol. The van der Waals surface area contributed by atoms with E-state index >= 15 is 0 Å². The van der Waals surface area contributed by atoms with E-state index in [9.17, 15) is 13.2 Å². The number of hydrogen-bond donors (Lipinski definition) is 1. The Morgan fingerprint density at radius 2 is 1.50 bits per heavy atom. The van der Waals surface area contributed by atoms with Crippen LogP contribution in [0.5, 0.6) is 17.2 Å². The van der Waals surface area contributed by atoms with Gasteiger partial charge >= 0.3 is 0 Å². The highest BCUT2D eigenvalue weighted by Gasteiger charge is 2.27. The lowest BCUT2D eigenvalue weighted by atomic mass is 10.2. The average Bonchev–Trinajstić information content (AvgIpc) is 3.37. The van der Waals surface area contributed by atoms with Gasteiger partial charge in [-0.3, -0.25) is 4.79 Å². The third-order valence-corrected chi connectivity index (χ3v) is 7.14. The number of nitrogens with zero attached hydrogens (tertiary/aromatic N) is 1. The second-order valence-electron chi connectivity index (χ2n) is 7.37. The van der Waals surface area contributed by atoms with E-state index in [1.807, 2.05) is 24.3 Å². The zero-order chi connectivity index (χ0) is 22.6. The number of benzene rings is 3. The van der Waals surface area contributed by atoms with Gasteiger partial charge in [0.2, 0.25) is 10.0 Å². The molecule has 1 N–H and O–H groups in total. The van der Waals surface area contributed by atoms with Crippen molar-refractivity contribution in [3.8, 4) is 17.2 Å². The summed E-state index contributed by atoms with van der Waals surface area (Å²) in [7, 11) is -1.92. The largest absolute Gasteiger partial charge is 0.493 e. The maximum Gasteiger partial charge on any atom is 0.255 e. The smallest absolute Gasteiger partial charge is 0.255 e. The van der Waals surface area contributed by atoms with E-state index in [2.05, 4.69) is 5.32 Å². The molecule has 0 spiro atoms. The Labute approximate surface area is 187 Å². The molecule has 4 rings (SSSR count). The molecule has 1 amide bonds. The topological polar surface area (TPSA) is 84.9 Å². The van der Waals surface area contributed by atoms with Crippen LogP contribution in [0.4, 0.5) is 5.69 Å². The number of ether oxygens (including phenoxy) is 2. The van der Waals surface area contributed by atoms with Crippen LogP contribution in [0.25, 0.3) is 0 Å². The van der Waals surface area contributed by atoms with Gasteiger partial charge in [-0.2, -0.15) is 4.31 Å². The Hall–Kier alpha value is -3.36. The molecule has 0 aromatic heterocycles. The normalized spacial score (nSPS) is 14.2. The van der Waals surface area contributed by atoms with E-state index in [0.29, 0.717) is 41.6 Å². The number of amides is 1. The number of para-hydroxylation sites is 2. The molecule has 0 bridgehead atoms. The van der Waals surface area contributed by atoms with Gasteiger partial charge in [-0.25, -0.2) is 8.42 Å². The Balaban J connectivity index is 1.40. The van der Waals surface area contributed by atoms with Gasteiger partial charge in [0.15, 0.2) is 11.5 Å². The molecule has 0 unspecified atom stereocenters. The summed E-state index contributed by atoms with van der Waals surface area (Å²) in [5.41, 5.74) is 0.968. The molecule has 0 radical (unpaired) electrons. The van der Waals surface area contributed by atoms with Crippen molar-refractivity contribution < 1.29 is 22.7 Å². The average molecular weight is 453 g/mol. The fraction of sp³-hybridized carbons (Fsp3) is 0.208. The van der Waals surface area contributed by atoms with Crippen molar-refractivity contribution in [1.29, 1.82) is 0 Å². The molecule has 8 heteroatoms. The lowest BCUT2D eigenvalue weighted by molar-refractivity contribution is 0.102. The highest BCUT2D eigenvalue weighted by molar-refractivity contribution is 7.89. The first-order valence-electron chi connectivity index (χ1n) is 10.3. The molecule has 1 aliphatic rings. The SMILES string of the molecule is COc1ccccc1Oc1ccc(NC(=O)c2ccc(S(=O)(=O)N3CCCC3)cc2)cc1. The molecule has 166 valence electrons. The first kappa shape index (κ1) is 21.9. The Morgan fingerprint density at radius 1 is 0.875 bits per heavy atom. The first-order chi connectivity index (χ1) is 15.5. The first-order valence-corrected chi connectivity index (χ1v) is 11.7. The quantitative estimate of drug-likeness (QED) is 0.570. The number of hydrogen-bond acceptors (Lipinski definition) is 5. The highest BCUT2D eigenvalue weighted by atomic mass is 32.2. The van der Waals surface area contributed by atoms with E-state index in [1.165, 1.54) is 28.6 Å². The van der Waals surface area contributed by atoms with Crippen LogP contribution in [0, 0.1) is 0 Å². The van der Waals surface area contributed by atoms with Crippen molar-refractivity contribution >= 4 is 21.6 Å². The molecule has 0 saturated carbocycles. The third-order valence-electron chi connectivity index (χ3n) is 5.23. The van der Waals surface area contributed by atoms with Gasteiger partial charge in [0.25, 0.3) is 5.91 Å². The van der Waals surface area contributed by atoms with E-state index in [4.69, 9.17) is 9.47 Å². The molecule has 1 saturated heterocycles. The van der Waals surface area contributed by atoms with Crippen LogP contribution in [-0.4, -0.2) is 38.8 Å². The van der Waals surface area contributed by atoms with Crippen LogP contribution >= 0.6 is 0 Å². The zero-order valence-corrected chi connectivity index (χ0v) is 18.5. The van der Waals surface area contributed by atoms with E-state index in [-0.39, 0.29) is 10.8 Å². The van der Waals surface area contributed by atoms with Gasteiger partial charge in [0, 0.05) is 24.3 Å². The zero-order valence-electron chi connectivity index (χ0n) is 17.7. The highest BCUT2D eigenvalue weighted by Crippen LogP contribution is 2.31. The van der Waals surface area contributed by atoms with Crippen LogP contribution < -0.4 is 14.8 Å². The Kier molecular flexibility index (Phi) is 6.43. The summed E-state index contributed by atoms with van der Waals surface area (Å²) in [6, 6.07) is 20.3. The van der Waals surface area contributed by atoms with E-state index < -0.39 is 10.0 Å². The second-order valence-corrected chi connectivity index (χ2v) is 9.30. The van der Waals surface area contributed by atoms with Gasteiger partial charge in [-0.15, -0.1) is 0 Å². The summed E-state index contributed by atoms with van der Waals surface area (Å²) in [5.74, 6) is 1.49. The summed E-state index contributed by atoms with van der Waals surface area (Å²) in [4.78, 5) is 12.8. The second kappa shape index (κ2) is 9.42. The van der Waals surface area contributed by atoms with Crippen molar-refractivity contribution in [2.24, 2.45) is 0 Å². The fourth-order valence-electron chi connectivity index (χ4n) is 3.50. The van der Waals surface area contributed by atoms with Crippen molar-refractivity contribution in [2.45, 2.75) is 17.7 Å². The van der Waals surface area contributed by atoms with Crippen molar-refractivity contribution in [1.82, 2.24) is 4.31 Å². The predicted octanol–water partition coefficient (Wildman–Crippen LogP) is 4.52. The number of anilines is 1. The minimum Gasteiger partial charge on any atom is -0.493 e. The molecule has 3 aromatic rings. The number of sulfonamides is 1. The minimum atomic E-state index is -3.50. The lowest BCUT2D eigenvalue weighted by Crippen LogP contribution is -2.27. The third kappa shape index (κ3) is 4.76. The number of rotatable bonds is 7. The molecule has 0 atom stereocenters. The maximum absolute atomic E-state index is 12.6. The van der Waals surface area contributed by atoms with E-state index in [1.54, 1.807) is 31.4 Å². The monoisotopic (exact) mass is 452 g/mol. The van der Waals surface area contributed by atoms with Gasteiger partial charge < -0.3 is 14.8 Å². The molecule has 32 heavy (non-hydrogen) atoms. The Bertz CT molecular complexity index is 1190. The number of nitrogens with one attached hydrogen (secondary N) is 1. The van der Waals surface area contributed by atoms with Crippen molar-refractivity contribution in [3.63, 3.8) is 0 Å². The fourth-order valence-corrected chi connectivity index (χ4v) is 5.01. The van der Waals surface area contributed by atoms with Gasteiger partial charge in [-0.1, -0.05) is 12.1 Å². The molecule has 1 fully saturated rings. The van der Waals surface area contributed by atoms with Crippen molar-refractivity contribution in [2.75, 3.05) is 25.5 Å². The van der Waals surface area contributed by atoms with Crippen LogP contribution in [0.3, 0.4) is 0 Å². The van der Waals surface area contributed by atoms with Crippen LogP contribution in [-0.2, 0) is 10.0 Å². The number of carbonyl (C=O) groups excluding carboxylic acids is 1. The standard InChI is InChI=1S/C24H24N2O5S/c1-30-22-6-2-3-7-23(22)31-20-12-10-19(11-13-20)25-24(27)18-8-14-21(15-9-18)32(28,29)26-16-4-5-17-26/h2-3,6-15H,4-5,16-17H2,1H3,(H,25,27). The van der Waals surface area contributed by atoms with Crippen LogP contribution in [0.2, 0.25) is 0 Å². The minimum absolute atomic E-state index is 0.203. The maximum atomic E-state index is 12.6.